The van der Waals surface area contributed by atoms with Crippen molar-refractivity contribution in [3.8, 4) is 11.4 Å². The lowest BCUT2D eigenvalue weighted by Gasteiger charge is -2.36. The maximum atomic E-state index is 13.6. The third-order valence-corrected chi connectivity index (χ3v) is 7.01. The fourth-order valence-electron chi connectivity index (χ4n) is 5.11. The van der Waals surface area contributed by atoms with Crippen molar-refractivity contribution in [2.45, 2.75) is 51.7 Å². The van der Waals surface area contributed by atoms with Crippen molar-refractivity contribution in [1.82, 2.24) is 19.8 Å². The van der Waals surface area contributed by atoms with Crippen LogP contribution in [0.1, 0.15) is 43.5 Å². The second kappa shape index (κ2) is 10.0. The molecule has 0 amide bonds. The molecule has 1 N–H and O–H groups in total. The van der Waals surface area contributed by atoms with E-state index >= 15 is 0 Å². The molecule has 0 bridgehead atoms. The number of hydrogen-bond donors (Lipinski definition) is 1. The lowest BCUT2D eigenvalue weighted by molar-refractivity contribution is -0.734. The van der Waals surface area contributed by atoms with E-state index in [1.165, 1.54) is 22.5 Å². The van der Waals surface area contributed by atoms with Crippen molar-refractivity contribution in [3.05, 3.63) is 64.3 Å². The minimum atomic E-state index is -0.175. The van der Waals surface area contributed by atoms with E-state index in [-0.39, 0.29) is 11.7 Å². The van der Waals surface area contributed by atoms with Gasteiger partial charge < -0.3 is 9.64 Å². The van der Waals surface area contributed by atoms with E-state index in [9.17, 15) is 4.79 Å². The molecule has 0 radical (unpaired) electrons. The summed E-state index contributed by atoms with van der Waals surface area (Å²) < 4.78 is 9.99. The average Bonchev–Trinajstić information content (AvgIpc) is 3.18. The van der Waals surface area contributed by atoms with Gasteiger partial charge >= 0.3 is 5.56 Å². The highest BCUT2D eigenvalue weighted by Crippen LogP contribution is 2.29. The lowest BCUT2D eigenvalue weighted by atomic mass is 9.98. The van der Waals surface area contributed by atoms with Gasteiger partial charge in [0.2, 0.25) is 11.4 Å². The number of piperazine rings is 1. The Bertz CT molecular complexity index is 1160. The summed E-state index contributed by atoms with van der Waals surface area (Å²) in [5, 5.41) is 7.86. The topological polar surface area (TPSA) is 70.3 Å². The van der Waals surface area contributed by atoms with Gasteiger partial charge in [-0.05, 0) is 44.7 Å². The van der Waals surface area contributed by atoms with Crippen LogP contribution in [0.4, 0.5) is 5.69 Å². The average molecular weight is 464 g/mol. The minimum Gasteiger partial charge on any atom is -0.483 e. The first-order valence-corrected chi connectivity index (χ1v) is 12.4. The van der Waals surface area contributed by atoms with Gasteiger partial charge in [0, 0.05) is 32.2 Å². The van der Waals surface area contributed by atoms with Gasteiger partial charge in [-0.1, -0.05) is 24.6 Å². The molecule has 3 heterocycles. The largest absolute Gasteiger partial charge is 0.483 e. The van der Waals surface area contributed by atoms with Crippen LogP contribution >= 0.6 is 0 Å². The number of aryl methyl sites for hydroxylation is 2. The molecule has 0 atom stereocenters. The summed E-state index contributed by atoms with van der Waals surface area (Å²) in [6.45, 7) is 6.52. The number of para-hydroxylation sites is 1. The predicted molar refractivity (Wildman–Crippen MR) is 132 cm³/mol. The third-order valence-electron chi connectivity index (χ3n) is 7.01. The van der Waals surface area contributed by atoms with Crippen LogP contribution < -0.4 is 19.9 Å². The van der Waals surface area contributed by atoms with Crippen LogP contribution in [0.3, 0.4) is 0 Å². The van der Waals surface area contributed by atoms with Crippen LogP contribution in [-0.2, 0) is 13.6 Å². The Hall–Kier alpha value is -3.13. The molecule has 2 aromatic heterocycles. The van der Waals surface area contributed by atoms with E-state index in [1.54, 1.807) is 0 Å². The molecule has 34 heavy (non-hydrogen) atoms. The molecule has 2 aliphatic rings. The fraction of sp³-hybridized carbons (Fsp3) is 0.500. The quantitative estimate of drug-likeness (QED) is 0.570. The molecule has 0 spiro atoms. The van der Waals surface area contributed by atoms with Crippen molar-refractivity contribution < 1.29 is 9.42 Å². The van der Waals surface area contributed by atoms with Crippen LogP contribution in [0.15, 0.2) is 47.4 Å². The van der Waals surface area contributed by atoms with Gasteiger partial charge in [-0.25, -0.2) is 0 Å². The van der Waals surface area contributed by atoms with Crippen molar-refractivity contribution in [1.29, 1.82) is 0 Å². The number of rotatable bonds is 6. The smallest absolute Gasteiger partial charge is 0.316 e. The Kier molecular flexibility index (Phi) is 6.67. The molecule has 0 unspecified atom stereocenters. The number of anilines is 1. The maximum absolute atomic E-state index is 13.6. The number of H-pyrrole nitrogens is 1. The minimum absolute atomic E-state index is 0.102. The summed E-state index contributed by atoms with van der Waals surface area (Å²) in [4.78, 5) is 18.3. The first kappa shape index (κ1) is 22.7. The molecule has 8 heteroatoms. The molecule has 5 rings (SSSR count). The Morgan fingerprint density at radius 1 is 1.09 bits per heavy atom. The molecule has 1 saturated carbocycles. The summed E-state index contributed by atoms with van der Waals surface area (Å²) in [5.74, 6) is 0.451. The number of hydrogen-bond acceptors (Lipinski definition) is 5. The zero-order valence-electron chi connectivity index (χ0n) is 20.2. The summed E-state index contributed by atoms with van der Waals surface area (Å²) in [7, 11) is 2.06. The number of aromatic nitrogens is 4. The van der Waals surface area contributed by atoms with E-state index in [4.69, 9.17) is 4.74 Å². The predicted octanol–water partition coefficient (Wildman–Crippen LogP) is 2.73. The lowest BCUT2D eigenvalue weighted by Crippen LogP contribution is -2.48. The standard InChI is InChI=1S/C26H34N6O2/c1-20-17-22(29(2)28-20)19-30-13-15-31(16-14-30)24-18-27-32(21-9-5-3-6-10-21)26(33)25(24)34-23-11-7-4-8-12-23/h3,5-6,9-10,17-18,23H,4,7-8,11-16,19H2,1-2H3/p+1. The zero-order valence-corrected chi connectivity index (χ0v) is 20.2. The van der Waals surface area contributed by atoms with Crippen LogP contribution in [0.5, 0.6) is 5.75 Å². The highest BCUT2D eigenvalue weighted by molar-refractivity contribution is 5.57. The number of nitrogens with zero attached hydrogens (tertiary/aromatic N) is 5. The van der Waals surface area contributed by atoms with E-state index in [0.29, 0.717) is 5.75 Å². The van der Waals surface area contributed by atoms with Crippen LogP contribution in [-0.4, -0.2) is 52.1 Å². The highest BCUT2D eigenvalue weighted by atomic mass is 16.5. The Morgan fingerprint density at radius 2 is 1.82 bits per heavy atom. The fourth-order valence-corrected chi connectivity index (χ4v) is 5.11. The molecular formula is C26H35N6O2+. The first-order chi connectivity index (χ1) is 16.6. The van der Waals surface area contributed by atoms with Gasteiger partial charge in [0.25, 0.3) is 0 Å². The molecule has 2 fully saturated rings. The summed E-state index contributed by atoms with van der Waals surface area (Å²) in [5.41, 5.74) is 3.86. The summed E-state index contributed by atoms with van der Waals surface area (Å²) >= 11 is 0. The molecular weight excluding hydrogens is 428 g/mol. The molecule has 3 aromatic rings. The van der Waals surface area contributed by atoms with Gasteiger partial charge in [0.05, 0.1) is 30.2 Å². The van der Waals surface area contributed by atoms with Crippen LogP contribution in [0, 0.1) is 6.92 Å². The van der Waals surface area contributed by atoms with E-state index in [0.717, 1.165) is 69.8 Å². The Labute approximate surface area is 200 Å². The Morgan fingerprint density at radius 3 is 2.50 bits per heavy atom. The monoisotopic (exact) mass is 463 g/mol. The van der Waals surface area contributed by atoms with Gasteiger partial charge in [-0.2, -0.15) is 14.9 Å². The van der Waals surface area contributed by atoms with Gasteiger partial charge in [-0.3, -0.25) is 9.69 Å². The van der Waals surface area contributed by atoms with Gasteiger partial charge in [-0.15, -0.1) is 4.68 Å². The maximum Gasteiger partial charge on any atom is 0.316 e. The zero-order chi connectivity index (χ0) is 23.5. The third kappa shape index (κ3) is 4.87. The summed E-state index contributed by atoms with van der Waals surface area (Å²) in [6, 6.07) is 11.8. The van der Waals surface area contributed by atoms with Crippen LogP contribution in [0.2, 0.25) is 0 Å². The molecule has 8 nitrogen and oxygen atoms in total. The van der Waals surface area contributed by atoms with Gasteiger partial charge in [0.15, 0.2) is 7.05 Å². The van der Waals surface area contributed by atoms with Crippen LogP contribution in [0.25, 0.3) is 5.69 Å². The molecule has 1 aromatic carbocycles. The van der Waals surface area contributed by atoms with E-state index in [1.807, 2.05) is 36.5 Å². The normalized spacial score (nSPS) is 17.8. The highest BCUT2D eigenvalue weighted by Gasteiger charge is 2.27. The van der Waals surface area contributed by atoms with Crippen molar-refractivity contribution in [2.24, 2.45) is 7.05 Å². The number of ether oxygens (including phenoxy) is 1. The number of benzene rings is 1. The van der Waals surface area contributed by atoms with Gasteiger partial charge in [0.1, 0.15) is 5.69 Å². The molecule has 1 saturated heterocycles. The molecule has 1 aliphatic carbocycles. The summed E-state index contributed by atoms with van der Waals surface area (Å²) in [6.07, 6.45) is 7.50. The first-order valence-electron chi connectivity index (χ1n) is 12.4. The second-order valence-corrected chi connectivity index (χ2v) is 9.54. The second-order valence-electron chi connectivity index (χ2n) is 9.54. The number of aromatic amines is 1. The Balaban J connectivity index is 1.37. The number of nitrogens with one attached hydrogen (secondary N) is 1. The van der Waals surface area contributed by atoms with E-state index < -0.39 is 0 Å². The van der Waals surface area contributed by atoms with Crippen molar-refractivity contribution >= 4 is 5.69 Å². The SMILES string of the molecule is Cc1cc(CN2CCN(c3cnn(-c4ccccc4)c(=O)c3OC3CCCCC3)CC2)[n+](C)[nH]1. The van der Waals surface area contributed by atoms with Crippen molar-refractivity contribution in [2.75, 3.05) is 31.1 Å². The van der Waals surface area contributed by atoms with Crippen molar-refractivity contribution in [3.63, 3.8) is 0 Å². The molecule has 180 valence electrons. The van der Waals surface area contributed by atoms with E-state index in [2.05, 4.69) is 44.7 Å². The molecule has 1 aliphatic heterocycles.